The average molecular weight is 414 g/mol. The lowest BCUT2D eigenvalue weighted by atomic mass is 10.1. The monoisotopic (exact) mass is 413 g/mol. The second-order valence-electron chi connectivity index (χ2n) is 7.05. The van der Waals surface area contributed by atoms with Crippen molar-refractivity contribution in [3.05, 3.63) is 64.7 Å². The third kappa shape index (κ3) is 4.93. The summed E-state index contributed by atoms with van der Waals surface area (Å²) in [7, 11) is 3.85. The van der Waals surface area contributed by atoms with Crippen molar-refractivity contribution in [2.75, 3.05) is 32.2 Å². The second-order valence-corrected chi connectivity index (χ2v) is 7.46. The fourth-order valence-corrected chi connectivity index (χ4v) is 3.30. The molecule has 152 valence electrons. The Labute approximate surface area is 175 Å². The maximum atomic E-state index is 12.7. The van der Waals surface area contributed by atoms with E-state index in [9.17, 15) is 9.59 Å². The molecule has 1 heterocycles. The molecule has 0 aromatic heterocycles. The Kier molecular flexibility index (Phi) is 6.51. The van der Waals surface area contributed by atoms with Crippen LogP contribution >= 0.6 is 11.6 Å². The van der Waals surface area contributed by atoms with Gasteiger partial charge in [0.1, 0.15) is 6.54 Å². The van der Waals surface area contributed by atoms with Gasteiger partial charge in [-0.15, -0.1) is 0 Å². The molecule has 2 amide bonds. The van der Waals surface area contributed by atoms with Gasteiger partial charge in [-0.2, -0.15) is 0 Å². The zero-order chi connectivity index (χ0) is 21.0. The number of hydrogen-bond acceptors (Lipinski definition) is 5. The van der Waals surface area contributed by atoms with Gasteiger partial charge in [0.25, 0.3) is 11.8 Å². The minimum absolute atomic E-state index is 0.0920. The highest BCUT2D eigenvalue weighted by Crippen LogP contribution is 2.25. The van der Waals surface area contributed by atoms with Gasteiger partial charge in [0.2, 0.25) is 5.84 Å². The number of amides is 2. The minimum atomic E-state index is -0.381. The summed E-state index contributed by atoms with van der Waals surface area (Å²) < 4.78 is 0. The molecule has 1 aliphatic heterocycles. The number of halogens is 1. The van der Waals surface area contributed by atoms with Gasteiger partial charge in [0.15, 0.2) is 0 Å². The van der Waals surface area contributed by atoms with Crippen LogP contribution in [-0.4, -0.2) is 49.7 Å². The third-order valence-corrected chi connectivity index (χ3v) is 5.03. The number of carbonyl (C=O) groups excluding carboxylic acids is 2. The molecule has 29 heavy (non-hydrogen) atoms. The zero-order valence-electron chi connectivity index (χ0n) is 16.6. The van der Waals surface area contributed by atoms with Crippen LogP contribution in [0.15, 0.2) is 53.5 Å². The molecule has 2 N–H and O–H groups in total. The summed E-state index contributed by atoms with van der Waals surface area (Å²) in [6, 6.07) is 14.9. The number of likely N-dealkylation sites (N-methyl/N-ethyl adjacent to an activating group) is 1. The van der Waals surface area contributed by atoms with Gasteiger partial charge < -0.3 is 10.2 Å². The highest BCUT2D eigenvalue weighted by atomic mass is 35.5. The Balaban J connectivity index is 1.69. The summed E-state index contributed by atoms with van der Waals surface area (Å²) in [4.78, 5) is 31.0. The topological polar surface area (TPSA) is 77.0 Å². The van der Waals surface area contributed by atoms with Crippen molar-refractivity contribution in [3.63, 3.8) is 0 Å². The van der Waals surface area contributed by atoms with E-state index >= 15 is 0 Å². The number of aryl methyl sites for hydroxylation is 1. The second kappa shape index (κ2) is 9.07. The van der Waals surface area contributed by atoms with E-state index in [1.54, 1.807) is 0 Å². The van der Waals surface area contributed by atoms with Crippen LogP contribution in [0.4, 0.5) is 5.69 Å². The first-order valence-corrected chi connectivity index (χ1v) is 9.64. The van der Waals surface area contributed by atoms with E-state index in [2.05, 4.69) is 15.7 Å². The highest BCUT2D eigenvalue weighted by Gasteiger charge is 2.26. The number of aliphatic imine (C=N–C) groups is 1. The molecule has 0 saturated carbocycles. The lowest BCUT2D eigenvalue weighted by Gasteiger charge is -2.29. The van der Waals surface area contributed by atoms with Crippen LogP contribution in [0.25, 0.3) is 0 Å². The Bertz CT molecular complexity index is 927. The molecule has 0 spiro atoms. The number of hydrogen-bond donors (Lipinski definition) is 2. The van der Waals surface area contributed by atoms with E-state index in [0.29, 0.717) is 17.3 Å². The van der Waals surface area contributed by atoms with Crippen LogP contribution < -0.4 is 15.8 Å². The molecule has 0 saturated heterocycles. The molecule has 1 unspecified atom stereocenters. The van der Waals surface area contributed by atoms with Gasteiger partial charge >= 0.3 is 0 Å². The van der Waals surface area contributed by atoms with Crippen molar-refractivity contribution in [1.29, 1.82) is 0 Å². The van der Waals surface area contributed by atoms with Crippen molar-refractivity contribution in [3.8, 4) is 0 Å². The molecule has 0 radical (unpaired) electrons. The molecule has 3 rings (SSSR count). The van der Waals surface area contributed by atoms with Gasteiger partial charge in [-0.1, -0.05) is 47.5 Å². The van der Waals surface area contributed by atoms with Gasteiger partial charge in [0.05, 0.1) is 11.7 Å². The molecule has 0 aliphatic carbocycles. The van der Waals surface area contributed by atoms with Crippen LogP contribution in [0.2, 0.25) is 5.02 Å². The number of carbonyl (C=O) groups is 2. The highest BCUT2D eigenvalue weighted by molar-refractivity contribution is 6.39. The van der Waals surface area contributed by atoms with Crippen LogP contribution in [0.1, 0.15) is 17.2 Å². The molecule has 8 heteroatoms. The number of nitrogens with zero attached hydrogens (tertiary/aromatic N) is 3. The summed E-state index contributed by atoms with van der Waals surface area (Å²) in [5.41, 5.74) is 5.49. The van der Waals surface area contributed by atoms with E-state index in [1.165, 1.54) is 5.01 Å². The summed E-state index contributed by atoms with van der Waals surface area (Å²) >= 11 is 6.32. The molecule has 1 aliphatic rings. The summed E-state index contributed by atoms with van der Waals surface area (Å²) in [5.74, 6) is -0.511. The molecular weight excluding hydrogens is 390 g/mol. The first-order chi connectivity index (χ1) is 13.9. The zero-order valence-corrected chi connectivity index (χ0v) is 17.4. The SMILES string of the molecule is Cc1ccc(N2NC(C(=O)NCC(c3ccccc3Cl)N(C)C)=NCC2=O)cc1. The van der Waals surface area contributed by atoms with Crippen LogP contribution in [0, 0.1) is 6.92 Å². The smallest absolute Gasteiger partial charge is 0.288 e. The Morgan fingerprint density at radius 1 is 1.24 bits per heavy atom. The van der Waals surface area contributed by atoms with Crippen molar-refractivity contribution in [2.24, 2.45) is 4.99 Å². The Morgan fingerprint density at radius 3 is 2.59 bits per heavy atom. The maximum Gasteiger partial charge on any atom is 0.288 e. The van der Waals surface area contributed by atoms with E-state index in [4.69, 9.17) is 11.6 Å². The molecule has 7 nitrogen and oxygen atoms in total. The number of hydrazine groups is 1. The summed E-state index contributed by atoms with van der Waals surface area (Å²) in [5, 5.41) is 4.87. The normalized spacial score (nSPS) is 15.0. The van der Waals surface area contributed by atoms with Crippen LogP contribution in [0.5, 0.6) is 0 Å². The van der Waals surface area contributed by atoms with Gasteiger partial charge in [-0.05, 0) is 44.8 Å². The van der Waals surface area contributed by atoms with Crippen molar-refractivity contribution < 1.29 is 9.59 Å². The number of rotatable bonds is 6. The first kappa shape index (κ1) is 20.8. The van der Waals surface area contributed by atoms with E-state index in [1.807, 2.05) is 74.4 Å². The van der Waals surface area contributed by atoms with Crippen molar-refractivity contribution in [2.45, 2.75) is 13.0 Å². The molecule has 2 aromatic carbocycles. The minimum Gasteiger partial charge on any atom is -0.347 e. The van der Waals surface area contributed by atoms with Gasteiger partial charge in [0, 0.05) is 11.6 Å². The lowest BCUT2D eigenvalue weighted by molar-refractivity contribution is -0.118. The molecule has 2 aromatic rings. The number of amidine groups is 1. The first-order valence-electron chi connectivity index (χ1n) is 9.26. The fourth-order valence-electron chi connectivity index (χ4n) is 3.04. The molecule has 1 atom stereocenters. The van der Waals surface area contributed by atoms with Crippen LogP contribution in [0.3, 0.4) is 0 Å². The number of anilines is 1. The summed E-state index contributed by atoms with van der Waals surface area (Å²) in [6.45, 7) is 2.22. The molecule has 0 bridgehead atoms. The van der Waals surface area contributed by atoms with Gasteiger partial charge in [-0.3, -0.25) is 20.0 Å². The van der Waals surface area contributed by atoms with Crippen LogP contribution in [-0.2, 0) is 9.59 Å². The molecular formula is C21H24ClN5O2. The predicted molar refractivity (Wildman–Crippen MR) is 115 cm³/mol. The third-order valence-electron chi connectivity index (χ3n) is 4.69. The van der Waals surface area contributed by atoms with E-state index in [-0.39, 0.29) is 30.2 Å². The Morgan fingerprint density at radius 2 is 1.93 bits per heavy atom. The largest absolute Gasteiger partial charge is 0.347 e. The predicted octanol–water partition coefficient (Wildman–Crippen LogP) is 2.32. The van der Waals surface area contributed by atoms with E-state index < -0.39 is 0 Å². The Hall–Kier alpha value is -2.90. The number of benzene rings is 2. The van der Waals surface area contributed by atoms with Gasteiger partial charge in [-0.25, -0.2) is 5.01 Å². The van der Waals surface area contributed by atoms with Crippen molar-refractivity contribution >= 4 is 34.9 Å². The standard InChI is InChI=1S/C21H24ClN5O2/c1-14-8-10-15(11-9-14)27-19(28)13-23-20(25-27)21(29)24-12-18(26(2)3)16-6-4-5-7-17(16)22/h4-11,18H,12-13H2,1-3H3,(H,23,25)(H,24,29). The van der Waals surface area contributed by atoms with Crippen molar-refractivity contribution in [1.82, 2.24) is 15.6 Å². The lowest BCUT2D eigenvalue weighted by Crippen LogP contribution is -2.56. The number of nitrogens with one attached hydrogen (secondary N) is 2. The summed E-state index contributed by atoms with van der Waals surface area (Å²) in [6.07, 6.45) is 0. The van der Waals surface area contributed by atoms with E-state index in [0.717, 1.165) is 11.1 Å². The quantitative estimate of drug-likeness (QED) is 0.762. The maximum absolute atomic E-state index is 12.7. The average Bonchev–Trinajstić information content (AvgIpc) is 2.70. The molecule has 0 fully saturated rings. The fraction of sp³-hybridized carbons (Fsp3) is 0.286.